The number of phenolic OH excluding ortho intramolecular Hbond substituents is 1. The first kappa shape index (κ1) is 13.9. The van der Waals surface area contributed by atoms with Crippen molar-refractivity contribution in [2.45, 2.75) is 42.7 Å². The van der Waals surface area contributed by atoms with E-state index in [-0.39, 0.29) is 22.8 Å². The molecule has 1 aliphatic heterocycles. The Bertz CT molecular complexity index is 585. The molecule has 1 aromatic carbocycles. The summed E-state index contributed by atoms with van der Waals surface area (Å²) in [5.74, 6) is -0.0282. The van der Waals surface area contributed by atoms with Crippen LogP contribution in [0.5, 0.6) is 5.75 Å². The lowest BCUT2D eigenvalue weighted by Crippen LogP contribution is -2.54. The Labute approximate surface area is 119 Å². The zero-order valence-corrected chi connectivity index (χ0v) is 12.1. The molecular weight excluding hydrogens is 278 g/mol. The summed E-state index contributed by atoms with van der Waals surface area (Å²) in [4.78, 5) is 0.156. The molecule has 6 heteroatoms. The lowest BCUT2D eigenvalue weighted by molar-refractivity contribution is -0.0586. The Morgan fingerprint density at radius 1 is 1.25 bits per heavy atom. The van der Waals surface area contributed by atoms with E-state index in [1.54, 1.807) is 10.4 Å². The van der Waals surface area contributed by atoms with Crippen LogP contribution in [0.4, 0.5) is 0 Å². The van der Waals surface area contributed by atoms with E-state index >= 15 is 0 Å². The minimum atomic E-state index is -3.56. The van der Waals surface area contributed by atoms with E-state index in [2.05, 4.69) is 0 Å². The third-order valence-electron chi connectivity index (χ3n) is 4.11. The van der Waals surface area contributed by atoms with Gasteiger partial charge in [-0.15, -0.1) is 0 Å². The van der Waals surface area contributed by atoms with Crippen LogP contribution in [0, 0.1) is 0 Å². The average Bonchev–Trinajstić information content (AvgIpc) is 2.46. The van der Waals surface area contributed by atoms with Crippen molar-refractivity contribution in [2.24, 2.45) is 0 Å². The van der Waals surface area contributed by atoms with Gasteiger partial charge in [0, 0.05) is 6.54 Å². The number of phenols is 1. The van der Waals surface area contributed by atoms with Gasteiger partial charge in [-0.2, -0.15) is 4.31 Å². The molecule has 2 fully saturated rings. The standard InChI is InChI=1S/C14H19NO4S/c16-11-4-3-5-12(10-11)20(17,18)15-8-9-19-14-7-2-1-6-13(14)15/h3-5,10,13-14,16H,1-2,6-9H2. The molecule has 0 aromatic heterocycles. The van der Waals surface area contributed by atoms with Crippen molar-refractivity contribution >= 4 is 10.0 Å². The van der Waals surface area contributed by atoms with Crippen LogP contribution in [0.15, 0.2) is 29.2 Å². The van der Waals surface area contributed by atoms with E-state index in [1.807, 2.05) is 0 Å². The summed E-state index contributed by atoms with van der Waals surface area (Å²) in [5, 5.41) is 9.50. The summed E-state index contributed by atoms with van der Waals surface area (Å²) in [7, 11) is -3.56. The van der Waals surface area contributed by atoms with Crippen LogP contribution >= 0.6 is 0 Å². The normalized spacial score (nSPS) is 28.0. The summed E-state index contributed by atoms with van der Waals surface area (Å²) < 4.78 is 32.8. The van der Waals surface area contributed by atoms with Crippen molar-refractivity contribution < 1.29 is 18.3 Å². The van der Waals surface area contributed by atoms with Gasteiger partial charge >= 0.3 is 0 Å². The fraction of sp³-hybridized carbons (Fsp3) is 0.571. The van der Waals surface area contributed by atoms with E-state index in [0.717, 1.165) is 25.7 Å². The molecular formula is C14H19NO4S. The summed E-state index contributed by atoms with van der Waals surface area (Å²) in [6, 6.07) is 5.80. The summed E-state index contributed by atoms with van der Waals surface area (Å²) in [6.07, 6.45) is 3.93. The molecule has 5 nitrogen and oxygen atoms in total. The molecule has 20 heavy (non-hydrogen) atoms. The van der Waals surface area contributed by atoms with Gasteiger partial charge in [-0.25, -0.2) is 8.42 Å². The zero-order valence-electron chi connectivity index (χ0n) is 11.2. The van der Waals surface area contributed by atoms with Gasteiger partial charge in [-0.05, 0) is 31.0 Å². The fourth-order valence-electron chi connectivity index (χ4n) is 3.14. The van der Waals surface area contributed by atoms with Crippen LogP contribution in [-0.2, 0) is 14.8 Å². The van der Waals surface area contributed by atoms with Gasteiger partial charge in [0.15, 0.2) is 0 Å². The van der Waals surface area contributed by atoms with Crippen molar-refractivity contribution in [3.8, 4) is 5.75 Å². The Hall–Kier alpha value is -1.11. The van der Waals surface area contributed by atoms with Crippen molar-refractivity contribution in [3.05, 3.63) is 24.3 Å². The molecule has 1 saturated carbocycles. The van der Waals surface area contributed by atoms with Crippen LogP contribution in [0.25, 0.3) is 0 Å². The second-order valence-corrected chi connectivity index (χ2v) is 7.26. The highest BCUT2D eigenvalue weighted by Gasteiger charge is 2.40. The first-order chi connectivity index (χ1) is 9.59. The average molecular weight is 297 g/mol. The Kier molecular flexibility index (Phi) is 3.70. The Morgan fingerprint density at radius 3 is 2.85 bits per heavy atom. The molecule has 1 heterocycles. The lowest BCUT2D eigenvalue weighted by Gasteiger charge is -2.42. The number of hydrogen-bond acceptors (Lipinski definition) is 4. The number of hydrogen-bond donors (Lipinski definition) is 1. The molecule has 1 saturated heterocycles. The van der Waals surface area contributed by atoms with Gasteiger partial charge in [-0.1, -0.05) is 18.9 Å². The smallest absolute Gasteiger partial charge is 0.243 e. The van der Waals surface area contributed by atoms with Crippen LogP contribution in [0.3, 0.4) is 0 Å². The van der Waals surface area contributed by atoms with Gasteiger partial charge in [0.25, 0.3) is 0 Å². The number of morpholine rings is 1. The monoisotopic (exact) mass is 297 g/mol. The number of ether oxygens (including phenoxy) is 1. The maximum atomic E-state index is 12.8. The third-order valence-corrected chi connectivity index (χ3v) is 6.03. The SMILES string of the molecule is O=S(=O)(c1cccc(O)c1)N1CCOC2CCCCC21. The van der Waals surface area contributed by atoms with Gasteiger partial charge in [-0.3, -0.25) is 0 Å². The lowest BCUT2D eigenvalue weighted by atomic mass is 9.91. The molecule has 1 aromatic rings. The molecule has 0 spiro atoms. The van der Waals surface area contributed by atoms with Crippen LogP contribution in [0.1, 0.15) is 25.7 Å². The third kappa shape index (κ3) is 2.43. The predicted molar refractivity (Wildman–Crippen MR) is 74.0 cm³/mol. The summed E-state index contributed by atoms with van der Waals surface area (Å²) in [6.45, 7) is 0.832. The van der Waals surface area contributed by atoms with Crippen LogP contribution in [0.2, 0.25) is 0 Å². The first-order valence-electron chi connectivity index (χ1n) is 7.01. The van der Waals surface area contributed by atoms with Crippen molar-refractivity contribution in [1.82, 2.24) is 4.31 Å². The summed E-state index contributed by atoms with van der Waals surface area (Å²) >= 11 is 0. The molecule has 2 atom stereocenters. The topological polar surface area (TPSA) is 66.8 Å². The largest absolute Gasteiger partial charge is 0.508 e. The maximum Gasteiger partial charge on any atom is 0.243 e. The molecule has 1 N–H and O–H groups in total. The van der Waals surface area contributed by atoms with E-state index in [1.165, 1.54) is 18.2 Å². The molecule has 110 valence electrons. The van der Waals surface area contributed by atoms with Crippen molar-refractivity contribution in [1.29, 1.82) is 0 Å². The summed E-state index contributed by atoms with van der Waals surface area (Å²) in [5.41, 5.74) is 0. The Balaban J connectivity index is 1.93. The van der Waals surface area contributed by atoms with Crippen molar-refractivity contribution in [3.63, 3.8) is 0 Å². The zero-order chi connectivity index (χ0) is 14.2. The highest BCUT2D eigenvalue weighted by molar-refractivity contribution is 7.89. The molecule has 0 bridgehead atoms. The molecule has 3 rings (SSSR count). The van der Waals surface area contributed by atoms with Crippen molar-refractivity contribution in [2.75, 3.05) is 13.2 Å². The number of fused-ring (bicyclic) bond motifs is 1. The number of nitrogens with zero attached hydrogens (tertiary/aromatic N) is 1. The Morgan fingerprint density at radius 2 is 2.05 bits per heavy atom. The fourth-order valence-corrected chi connectivity index (χ4v) is 4.84. The molecule has 0 radical (unpaired) electrons. The van der Waals surface area contributed by atoms with E-state index in [9.17, 15) is 13.5 Å². The highest BCUT2D eigenvalue weighted by atomic mass is 32.2. The molecule has 2 aliphatic rings. The molecule has 1 aliphatic carbocycles. The molecule has 2 unspecified atom stereocenters. The van der Waals surface area contributed by atoms with Gasteiger partial charge in [0.2, 0.25) is 10.0 Å². The predicted octanol–water partition coefficient (Wildman–Crippen LogP) is 1.72. The number of aromatic hydroxyl groups is 1. The number of benzene rings is 1. The van der Waals surface area contributed by atoms with E-state index < -0.39 is 10.0 Å². The van der Waals surface area contributed by atoms with Gasteiger partial charge in [0.1, 0.15) is 5.75 Å². The van der Waals surface area contributed by atoms with Gasteiger partial charge < -0.3 is 9.84 Å². The number of rotatable bonds is 2. The molecule has 0 amide bonds. The van der Waals surface area contributed by atoms with E-state index in [0.29, 0.717) is 13.2 Å². The minimum Gasteiger partial charge on any atom is -0.508 e. The quantitative estimate of drug-likeness (QED) is 0.902. The minimum absolute atomic E-state index is 0.0181. The number of sulfonamides is 1. The van der Waals surface area contributed by atoms with Crippen LogP contribution in [-0.4, -0.2) is 43.1 Å². The first-order valence-corrected chi connectivity index (χ1v) is 8.45. The highest BCUT2D eigenvalue weighted by Crippen LogP contribution is 2.32. The second-order valence-electron chi connectivity index (χ2n) is 5.37. The van der Waals surface area contributed by atoms with E-state index in [4.69, 9.17) is 4.74 Å². The second kappa shape index (κ2) is 5.35. The van der Waals surface area contributed by atoms with Crippen LogP contribution < -0.4 is 0 Å². The van der Waals surface area contributed by atoms with Gasteiger partial charge in [0.05, 0.1) is 23.6 Å². The maximum absolute atomic E-state index is 12.8.